The molecule has 0 heterocycles. The van der Waals surface area contributed by atoms with Gasteiger partial charge in [-0.3, -0.25) is 0 Å². The fraction of sp³-hybridized carbons (Fsp3) is 0.500. The second kappa shape index (κ2) is 6.36. The van der Waals surface area contributed by atoms with Gasteiger partial charge in [-0.2, -0.15) is 5.26 Å². The van der Waals surface area contributed by atoms with E-state index in [0.29, 0.717) is 12.2 Å². The largest absolute Gasteiger partial charge is 0.396 e. The summed E-state index contributed by atoms with van der Waals surface area (Å²) in [5, 5.41) is 21.4. The van der Waals surface area contributed by atoms with E-state index in [1.807, 2.05) is 19.9 Å². The second-order valence-corrected chi connectivity index (χ2v) is 4.53. The zero-order valence-electron chi connectivity index (χ0n) is 10.8. The lowest BCUT2D eigenvalue weighted by atomic mass is 9.83. The maximum absolute atomic E-state index is 13.2. The Balaban J connectivity index is 2.77. The first-order valence-corrected chi connectivity index (χ1v) is 6.15. The number of hydrogen-bond acceptors (Lipinski definition) is 3. The predicted molar refractivity (Wildman–Crippen MR) is 69.7 cm³/mol. The van der Waals surface area contributed by atoms with Crippen molar-refractivity contribution in [3.8, 4) is 6.07 Å². The number of nitrogens with zero attached hydrogens (tertiary/aromatic N) is 1. The minimum Gasteiger partial charge on any atom is -0.396 e. The minimum absolute atomic E-state index is 0.0302. The highest BCUT2D eigenvalue weighted by Crippen LogP contribution is 2.26. The van der Waals surface area contributed by atoms with Gasteiger partial charge in [-0.15, -0.1) is 0 Å². The molecule has 0 spiro atoms. The molecule has 0 bridgehead atoms. The number of halogens is 1. The van der Waals surface area contributed by atoms with Gasteiger partial charge in [-0.05, 0) is 31.0 Å². The molecule has 0 aliphatic rings. The first-order valence-electron chi connectivity index (χ1n) is 6.15. The van der Waals surface area contributed by atoms with Gasteiger partial charge in [0.2, 0.25) is 0 Å². The summed E-state index contributed by atoms with van der Waals surface area (Å²) in [6, 6.07) is 6.18. The van der Waals surface area contributed by atoms with Crippen LogP contribution in [-0.2, 0) is 0 Å². The van der Waals surface area contributed by atoms with Crippen molar-refractivity contribution >= 4 is 5.69 Å². The van der Waals surface area contributed by atoms with Gasteiger partial charge in [0.25, 0.3) is 0 Å². The van der Waals surface area contributed by atoms with E-state index in [1.54, 1.807) is 6.07 Å². The lowest BCUT2D eigenvalue weighted by molar-refractivity contribution is 0.127. The topological polar surface area (TPSA) is 56.0 Å². The Bertz CT molecular complexity index is 428. The van der Waals surface area contributed by atoms with E-state index in [-0.39, 0.29) is 17.6 Å². The summed E-state index contributed by atoms with van der Waals surface area (Å²) in [5.41, 5.74) is 0.566. The molecule has 0 aromatic heterocycles. The third-order valence-electron chi connectivity index (χ3n) is 3.59. The van der Waals surface area contributed by atoms with Crippen LogP contribution in [0.1, 0.15) is 32.3 Å². The molecule has 98 valence electrons. The zero-order chi connectivity index (χ0) is 13.6. The number of anilines is 1. The average molecular weight is 250 g/mol. The van der Waals surface area contributed by atoms with E-state index < -0.39 is 5.82 Å². The lowest BCUT2D eigenvalue weighted by Crippen LogP contribution is -2.32. The number of nitriles is 1. The molecule has 0 unspecified atom stereocenters. The molecule has 0 radical (unpaired) electrons. The van der Waals surface area contributed by atoms with Crippen LogP contribution < -0.4 is 5.32 Å². The summed E-state index contributed by atoms with van der Waals surface area (Å²) in [6.07, 6.45) is 1.72. The van der Waals surface area contributed by atoms with Crippen molar-refractivity contribution in [1.82, 2.24) is 0 Å². The standard InChI is InChI=1S/C14H19FN2O/c1-3-14(4-2,10-18)9-17-12-5-6-13(15)11(7-12)8-16/h5-7,17-18H,3-4,9-10H2,1-2H3. The molecule has 2 N–H and O–H groups in total. The highest BCUT2D eigenvalue weighted by Gasteiger charge is 2.24. The van der Waals surface area contributed by atoms with E-state index in [4.69, 9.17) is 5.26 Å². The smallest absolute Gasteiger partial charge is 0.141 e. The molecule has 1 rings (SSSR count). The maximum Gasteiger partial charge on any atom is 0.141 e. The lowest BCUT2D eigenvalue weighted by Gasteiger charge is -2.30. The van der Waals surface area contributed by atoms with E-state index >= 15 is 0 Å². The van der Waals surface area contributed by atoms with Crippen LogP contribution in [0.4, 0.5) is 10.1 Å². The highest BCUT2D eigenvalue weighted by atomic mass is 19.1. The van der Waals surface area contributed by atoms with Crippen LogP contribution in [0.25, 0.3) is 0 Å². The Kier molecular flexibility index (Phi) is 5.11. The summed E-state index contributed by atoms with van der Waals surface area (Å²) in [6.45, 7) is 4.78. The number of benzene rings is 1. The van der Waals surface area contributed by atoms with Crippen molar-refractivity contribution in [2.45, 2.75) is 26.7 Å². The molecule has 18 heavy (non-hydrogen) atoms. The Morgan fingerprint density at radius 3 is 2.56 bits per heavy atom. The Morgan fingerprint density at radius 2 is 2.06 bits per heavy atom. The zero-order valence-corrected chi connectivity index (χ0v) is 10.8. The van der Waals surface area contributed by atoms with Crippen LogP contribution in [0, 0.1) is 22.6 Å². The first-order chi connectivity index (χ1) is 8.60. The van der Waals surface area contributed by atoms with E-state index in [1.165, 1.54) is 12.1 Å². The highest BCUT2D eigenvalue weighted by molar-refractivity contribution is 5.49. The SMILES string of the molecule is CCC(CC)(CO)CNc1ccc(F)c(C#N)c1. The molecule has 0 fully saturated rings. The van der Waals surface area contributed by atoms with Crippen molar-refractivity contribution in [2.24, 2.45) is 5.41 Å². The molecule has 0 saturated carbocycles. The fourth-order valence-electron chi connectivity index (χ4n) is 1.79. The molecule has 1 aromatic carbocycles. The molecule has 3 nitrogen and oxygen atoms in total. The molecule has 0 aliphatic heterocycles. The summed E-state index contributed by atoms with van der Waals surface area (Å²) in [5.74, 6) is -0.512. The third-order valence-corrected chi connectivity index (χ3v) is 3.59. The van der Waals surface area contributed by atoms with E-state index in [9.17, 15) is 9.50 Å². The normalized spacial score (nSPS) is 11.1. The number of nitrogens with one attached hydrogen (secondary N) is 1. The summed E-state index contributed by atoms with van der Waals surface area (Å²) < 4.78 is 13.2. The number of hydrogen-bond donors (Lipinski definition) is 2. The van der Waals surface area contributed by atoms with Gasteiger partial charge >= 0.3 is 0 Å². The van der Waals surface area contributed by atoms with Crippen molar-refractivity contribution in [2.75, 3.05) is 18.5 Å². The molecule has 4 heteroatoms. The van der Waals surface area contributed by atoms with Gasteiger partial charge in [-0.25, -0.2) is 4.39 Å². The van der Waals surface area contributed by atoms with Crippen LogP contribution in [0.3, 0.4) is 0 Å². The van der Waals surface area contributed by atoms with Crippen molar-refractivity contribution in [1.29, 1.82) is 5.26 Å². The van der Waals surface area contributed by atoms with Crippen molar-refractivity contribution < 1.29 is 9.50 Å². The Labute approximate surface area is 107 Å². The van der Waals surface area contributed by atoms with Gasteiger partial charge in [0.15, 0.2) is 0 Å². The summed E-state index contributed by atoms with van der Waals surface area (Å²) >= 11 is 0. The first kappa shape index (κ1) is 14.5. The van der Waals surface area contributed by atoms with Crippen LogP contribution in [0.15, 0.2) is 18.2 Å². The summed E-state index contributed by atoms with van der Waals surface area (Å²) in [7, 11) is 0. The van der Waals surface area contributed by atoms with Crippen molar-refractivity contribution in [3.63, 3.8) is 0 Å². The average Bonchev–Trinajstić information content (AvgIpc) is 2.42. The monoisotopic (exact) mass is 250 g/mol. The second-order valence-electron chi connectivity index (χ2n) is 4.53. The van der Waals surface area contributed by atoms with Gasteiger partial charge < -0.3 is 10.4 Å². The van der Waals surface area contributed by atoms with Gasteiger partial charge in [0.1, 0.15) is 11.9 Å². The van der Waals surface area contributed by atoms with E-state index in [0.717, 1.165) is 12.8 Å². The van der Waals surface area contributed by atoms with Gasteiger partial charge in [0, 0.05) is 17.6 Å². The van der Waals surface area contributed by atoms with Crippen LogP contribution in [-0.4, -0.2) is 18.3 Å². The molecular formula is C14H19FN2O. The van der Waals surface area contributed by atoms with E-state index in [2.05, 4.69) is 5.32 Å². The molecule has 1 aromatic rings. The molecule has 0 amide bonds. The molecule has 0 aliphatic carbocycles. The predicted octanol–water partition coefficient (Wildman–Crippen LogP) is 2.91. The number of rotatable bonds is 6. The Hall–Kier alpha value is -1.60. The third kappa shape index (κ3) is 3.21. The number of aliphatic hydroxyl groups excluding tert-OH is 1. The van der Waals surface area contributed by atoms with Crippen LogP contribution in [0.2, 0.25) is 0 Å². The summed E-state index contributed by atoms with van der Waals surface area (Å²) in [4.78, 5) is 0. The van der Waals surface area contributed by atoms with Gasteiger partial charge in [-0.1, -0.05) is 13.8 Å². The molecular weight excluding hydrogens is 231 g/mol. The molecule has 0 atom stereocenters. The Morgan fingerprint density at radius 1 is 1.39 bits per heavy atom. The molecule has 0 saturated heterocycles. The quantitative estimate of drug-likeness (QED) is 0.816. The maximum atomic E-state index is 13.2. The van der Waals surface area contributed by atoms with Crippen LogP contribution in [0.5, 0.6) is 0 Å². The van der Waals surface area contributed by atoms with Crippen molar-refractivity contribution in [3.05, 3.63) is 29.6 Å². The van der Waals surface area contributed by atoms with Crippen LogP contribution >= 0.6 is 0 Å². The minimum atomic E-state index is -0.512. The fourth-order valence-corrected chi connectivity index (χ4v) is 1.79. The number of aliphatic hydroxyl groups is 1. The van der Waals surface area contributed by atoms with Gasteiger partial charge in [0.05, 0.1) is 12.2 Å².